The van der Waals surface area contributed by atoms with Crippen LogP contribution < -0.4 is 4.90 Å². The SMILES string of the molecule is c1ccc(N2CCN(Cc3cn[nH]n3)CC2)cc1. The molecule has 0 spiro atoms. The number of hydrogen-bond acceptors (Lipinski definition) is 4. The summed E-state index contributed by atoms with van der Waals surface area (Å²) in [7, 11) is 0. The van der Waals surface area contributed by atoms with Crippen molar-refractivity contribution in [2.75, 3.05) is 31.1 Å². The summed E-state index contributed by atoms with van der Waals surface area (Å²) in [6.45, 7) is 5.17. The second-order valence-electron chi connectivity index (χ2n) is 4.56. The lowest BCUT2D eigenvalue weighted by molar-refractivity contribution is 0.247. The van der Waals surface area contributed by atoms with Crippen LogP contribution in [0.5, 0.6) is 0 Å². The van der Waals surface area contributed by atoms with Gasteiger partial charge in [-0.2, -0.15) is 15.4 Å². The maximum atomic E-state index is 4.10. The Bertz CT molecular complexity index is 459. The minimum absolute atomic E-state index is 0.888. The van der Waals surface area contributed by atoms with Gasteiger partial charge in [-0.1, -0.05) is 18.2 Å². The monoisotopic (exact) mass is 243 g/mol. The van der Waals surface area contributed by atoms with Crippen molar-refractivity contribution in [2.24, 2.45) is 0 Å². The minimum Gasteiger partial charge on any atom is -0.369 e. The van der Waals surface area contributed by atoms with E-state index in [-0.39, 0.29) is 0 Å². The van der Waals surface area contributed by atoms with Crippen LogP contribution in [0, 0.1) is 0 Å². The number of hydrogen-bond donors (Lipinski definition) is 1. The number of benzene rings is 1. The van der Waals surface area contributed by atoms with E-state index in [9.17, 15) is 0 Å². The molecule has 0 aliphatic carbocycles. The van der Waals surface area contributed by atoms with Gasteiger partial charge in [-0.25, -0.2) is 0 Å². The molecule has 0 saturated carbocycles. The lowest BCUT2D eigenvalue weighted by atomic mass is 10.2. The summed E-state index contributed by atoms with van der Waals surface area (Å²) in [6, 6.07) is 10.6. The summed E-state index contributed by atoms with van der Waals surface area (Å²) in [5.74, 6) is 0. The van der Waals surface area contributed by atoms with Crippen LogP contribution in [-0.4, -0.2) is 46.5 Å². The van der Waals surface area contributed by atoms with Crippen LogP contribution in [0.25, 0.3) is 0 Å². The zero-order chi connectivity index (χ0) is 12.2. The van der Waals surface area contributed by atoms with Crippen LogP contribution in [0.4, 0.5) is 5.69 Å². The van der Waals surface area contributed by atoms with Crippen molar-refractivity contribution in [1.29, 1.82) is 0 Å². The molecule has 0 bridgehead atoms. The maximum Gasteiger partial charge on any atom is 0.0964 e. The number of rotatable bonds is 3. The molecule has 2 aromatic rings. The first-order valence-corrected chi connectivity index (χ1v) is 6.29. The van der Waals surface area contributed by atoms with Crippen LogP contribution in [0.2, 0.25) is 0 Å². The summed E-state index contributed by atoms with van der Waals surface area (Å²) in [5.41, 5.74) is 2.33. The summed E-state index contributed by atoms with van der Waals surface area (Å²) in [6.07, 6.45) is 1.80. The van der Waals surface area contributed by atoms with Gasteiger partial charge in [-0.3, -0.25) is 4.90 Å². The molecule has 1 aromatic carbocycles. The quantitative estimate of drug-likeness (QED) is 0.878. The van der Waals surface area contributed by atoms with Gasteiger partial charge in [-0.05, 0) is 12.1 Å². The highest BCUT2D eigenvalue weighted by Crippen LogP contribution is 2.16. The standard InChI is InChI=1S/C13H17N5/c1-2-4-13(5-3-1)18-8-6-17(7-9-18)11-12-10-14-16-15-12/h1-5,10H,6-9,11H2,(H,14,15,16). The third-order valence-corrected chi connectivity index (χ3v) is 3.34. The Morgan fingerprint density at radius 3 is 2.50 bits per heavy atom. The first kappa shape index (κ1) is 11.2. The molecule has 1 saturated heterocycles. The fourth-order valence-electron chi connectivity index (χ4n) is 2.33. The zero-order valence-electron chi connectivity index (χ0n) is 10.3. The lowest BCUT2D eigenvalue weighted by Crippen LogP contribution is -2.46. The van der Waals surface area contributed by atoms with E-state index < -0.39 is 0 Å². The van der Waals surface area contributed by atoms with Gasteiger partial charge in [0.1, 0.15) is 0 Å². The van der Waals surface area contributed by atoms with Crippen LogP contribution in [0.15, 0.2) is 36.5 Å². The Morgan fingerprint density at radius 2 is 1.83 bits per heavy atom. The molecule has 1 fully saturated rings. The molecule has 94 valence electrons. The Labute approximate surface area is 106 Å². The number of para-hydroxylation sites is 1. The highest BCUT2D eigenvalue weighted by molar-refractivity contribution is 5.46. The van der Waals surface area contributed by atoms with Crippen molar-refractivity contribution in [2.45, 2.75) is 6.54 Å². The van der Waals surface area contributed by atoms with Crippen molar-refractivity contribution in [3.8, 4) is 0 Å². The predicted octanol–water partition coefficient (Wildman–Crippen LogP) is 1.13. The third-order valence-electron chi connectivity index (χ3n) is 3.34. The third kappa shape index (κ3) is 2.51. The molecule has 5 heteroatoms. The van der Waals surface area contributed by atoms with Gasteiger partial charge in [0, 0.05) is 38.4 Å². The minimum atomic E-state index is 0.888. The molecular weight excluding hydrogens is 226 g/mol. The van der Waals surface area contributed by atoms with E-state index in [1.54, 1.807) is 6.20 Å². The number of piperazine rings is 1. The first-order chi connectivity index (χ1) is 8.92. The molecule has 5 nitrogen and oxygen atoms in total. The highest BCUT2D eigenvalue weighted by Gasteiger charge is 2.17. The topological polar surface area (TPSA) is 48.0 Å². The van der Waals surface area contributed by atoms with E-state index in [0.717, 1.165) is 38.4 Å². The van der Waals surface area contributed by atoms with Gasteiger partial charge in [0.25, 0.3) is 0 Å². The van der Waals surface area contributed by atoms with Gasteiger partial charge in [-0.15, -0.1) is 0 Å². The van der Waals surface area contributed by atoms with Crippen LogP contribution in [0.1, 0.15) is 5.69 Å². The first-order valence-electron chi connectivity index (χ1n) is 6.29. The van der Waals surface area contributed by atoms with E-state index in [2.05, 4.69) is 55.5 Å². The fraction of sp³-hybridized carbons (Fsp3) is 0.385. The van der Waals surface area contributed by atoms with Crippen molar-refractivity contribution < 1.29 is 0 Å². The molecule has 0 amide bonds. The molecule has 18 heavy (non-hydrogen) atoms. The molecule has 3 rings (SSSR count). The number of aromatic amines is 1. The molecule has 1 aliphatic rings. The number of anilines is 1. The summed E-state index contributed by atoms with van der Waals surface area (Å²) in [5, 5.41) is 10.6. The summed E-state index contributed by atoms with van der Waals surface area (Å²) >= 11 is 0. The molecule has 0 atom stereocenters. The molecule has 2 heterocycles. The normalized spacial score (nSPS) is 17.0. The van der Waals surface area contributed by atoms with Crippen LogP contribution in [-0.2, 0) is 6.54 Å². The molecule has 1 aromatic heterocycles. The second kappa shape index (κ2) is 5.18. The summed E-state index contributed by atoms with van der Waals surface area (Å²) < 4.78 is 0. The number of nitrogens with zero attached hydrogens (tertiary/aromatic N) is 4. The van der Waals surface area contributed by atoms with Gasteiger partial charge < -0.3 is 4.90 Å². The van der Waals surface area contributed by atoms with E-state index in [0.29, 0.717) is 0 Å². The van der Waals surface area contributed by atoms with Crippen molar-refractivity contribution >= 4 is 5.69 Å². The highest BCUT2D eigenvalue weighted by atomic mass is 15.3. The Kier molecular flexibility index (Phi) is 3.23. The number of nitrogens with one attached hydrogen (secondary N) is 1. The van der Waals surface area contributed by atoms with Crippen LogP contribution in [0.3, 0.4) is 0 Å². The molecule has 1 N–H and O–H groups in total. The van der Waals surface area contributed by atoms with Gasteiger partial charge in [0.2, 0.25) is 0 Å². The molecule has 0 radical (unpaired) electrons. The second-order valence-corrected chi connectivity index (χ2v) is 4.56. The van der Waals surface area contributed by atoms with E-state index in [1.807, 2.05) is 0 Å². The van der Waals surface area contributed by atoms with Crippen LogP contribution >= 0.6 is 0 Å². The van der Waals surface area contributed by atoms with Crippen molar-refractivity contribution in [3.05, 3.63) is 42.2 Å². The predicted molar refractivity (Wildman–Crippen MR) is 70.3 cm³/mol. The fourth-order valence-corrected chi connectivity index (χ4v) is 2.33. The maximum absolute atomic E-state index is 4.10. The Balaban J connectivity index is 1.55. The zero-order valence-corrected chi connectivity index (χ0v) is 10.3. The number of H-pyrrole nitrogens is 1. The van der Waals surface area contributed by atoms with E-state index >= 15 is 0 Å². The van der Waals surface area contributed by atoms with Crippen molar-refractivity contribution in [3.63, 3.8) is 0 Å². The van der Waals surface area contributed by atoms with E-state index in [4.69, 9.17) is 0 Å². The molecular formula is C13H17N5. The van der Waals surface area contributed by atoms with Gasteiger partial charge >= 0.3 is 0 Å². The van der Waals surface area contributed by atoms with E-state index in [1.165, 1.54) is 5.69 Å². The molecule has 1 aliphatic heterocycles. The lowest BCUT2D eigenvalue weighted by Gasteiger charge is -2.35. The molecule has 0 unspecified atom stereocenters. The van der Waals surface area contributed by atoms with Gasteiger partial charge in [0.15, 0.2) is 0 Å². The average Bonchev–Trinajstić information content (AvgIpc) is 2.94. The Hall–Kier alpha value is -1.88. The van der Waals surface area contributed by atoms with Gasteiger partial charge in [0.05, 0.1) is 11.9 Å². The summed E-state index contributed by atoms with van der Waals surface area (Å²) in [4.78, 5) is 4.84. The smallest absolute Gasteiger partial charge is 0.0964 e. The largest absolute Gasteiger partial charge is 0.369 e. The average molecular weight is 243 g/mol. The Morgan fingerprint density at radius 1 is 1.06 bits per heavy atom. The number of aromatic nitrogens is 3. The van der Waals surface area contributed by atoms with Crippen molar-refractivity contribution in [1.82, 2.24) is 20.3 Å².